The Morgan fingerprint density at radius 2 is 2.19 bits per heavy atom. The van der Waals surface area contributed by atoms with Crippen molar-refractivity contribution >= 4 is 5.97 Å². The van der Waals surface area contributed by atoms with Crippen LogP contribution in [0, 0.1) is 6.92 Å². The zero-order valence-corrected chi connectivity index (χ0v) is 9.23. The quantitative estimate of drug-likeness (QED) is 0.706. The van der Waals surface area contributed by atoms with Crippen LogP contribution in [0.1, 0.15) is 17.0 Å². The smallest absolute Gasteiger partial charge is 0.312 e. The molecule has 1 aromatic rings. The fourth-order valence-corrected chi connectivity index (χ4v) is 1.63. The topological polar surface area (TPSA) is 92.8 Å². The van der Waals surface area contributed by atoms with Crippen LogP contribution in [-0.2, 0) is 4.79 Å². The van der Waals surface area contributed by atoms with Crippen LogP contribution >= 0.6 is 0 Å². The van der Waals surface area contributed by atoms with Crippen LogP contribution in [0.2, 0.25) is 0 Å². The maximum atomic E-state index is 10.9. The molecule has 0 aromatic heterocycles. The van der Waals surface area contributed by atoms with E-state index in [-0.39, 0.29) is 12.3 Å². The van der Waals surface area contributed by atoms with E-state index in [0.29, 0.717) is 16.9 Å². The third-order valence-corrected chi connectivity index (χ3v) is 2.42. The first-order valence-corrected chi connectivity index (χ1v) is 4.81. The molecule has 88 valence electrons. The number of methoxy groups -OCH3 is 1. The SMILES string of the molecule is COc1c(C)cc(C(CN)C(=O)O)cc1O. The summed E-state index contributed by atoms with van der Waals surface area (Å²) in [6.45, 7) is 1.72. The maximum absolute atomic E-state index is 10.9. The summed E-state index contributed by atoms with van der Waals surface area (Å²) in [5.41, 5.74) is 6.54. The molecule has 0 bridgehead atoms. The molecule has 1 unspecified atom stereocenters. The normalized spacial score (nSPS) is 12.2. The van der Waals surface area contributed by atoms with Gasteiger partial charge >= 0.3 is 5.97 Å². The number of benzene rings is 1. The second-order valence-electron chi connectivity index (χ2n) is 3.52. The number of carboxylic acid groups (broad SMARTS) is 1. The van der Waals surface area contributed by atoms with E-state index in [4.69, 9.17) is 15.6 Å². The summed E-state index contributed by atoms with van der Waals surface area (Å²) in [5, 5.41) is 18.6. The third kappa shape index (κ3) is 2.25. The van der Waals surface area contributed by atoms with Gasteiger partial charge in [0.25, 0.3) is 0 Å². The Balaban J connectivity index is 3.21. The summed E-state index contributed by atoms with van der Waals surface area (Å²) in [6, 6.07) is 3.03. The van der Waals surface area contributed by atoms with E-state index >= 15 is 0 Å². The summed E-state index contributed by atoms with van der Waals surface area (Å²) in [4.78, 5) is 10.9. The minimum Gasteiger partial charge on any atom is -0.504 e. The van der Waals surface area contributed by atoms with Crippen LogP contribution in [0.4, 0.5) is 0 Å². The van der Waals surface area contributed by atoms with Gasteiger partial charge in [0.2, 0.25) is 0 Å². The minimum atomic E-state index is -1.01. The highest BCUT2D eigenvalue weighted by atomic mass is 16.5. The summed E-state index contributed by atoms with van der Waals surface area (Å²) in [6.07, 6.45) is 0. The zero-order valence-electron chi connectivity index (χ0n) is 9.23. The lowest BCUT2D eigenvalue weighted by Gasteiger charge is -2.14. The lowest BCUT2D eigenvalue weighted by atomic mass is 9.97. The van der Waals surface area contributed by atoms with Crippen LogP contribution in [0.3, 0.4) is 0 Å². The second-order valence-corrected chi connectivity index (χ2v) is 3.52. The van der Waals surface area contributed by atoms with Crippen molar-refractivity contribution in [1.29, 1.82) is 0 Å². The number of phenolic OH excluding ortho intramolecular Hbond substituents is 1. The molecular formula is C11H15NO4. The number of carbonyl (C=O) groups is 1. The molecule has 0 aliphatic carbocycles. The number of nitrogens with two attached hydrogens (primary N) is 1. The predicted octanol–water partition coefficient (Wildman–Crippen LogP) is 0.836. The highest BCUT2D eigenvalue weighted by molar-refractivity contribution is 5.77. The van der Waals surface area contributed by atoms with Gasteiger partial charge in [-0.1, -0.05) is 6.07 Å². The third-order valence-electron chi connectivity index (χ3n) is 2.42. The van der Waals surface area contributed by atoms with E-state index in [2.05, 4.69) is 0 Å². The van der Waals surface area contributed by atoms with Crippen molar-refractivity contribution in [3.8, 4) is 11.5 Å². The monoisotopic (exact) mass is 225 g/mol. The molecule has 0 aliphatic rings. The number of carboxylic acids is 1. The van der Waals surface area contributed by atoms with Gasteiger partial charge in [-0.15, -0.1) is 0 Å². The van der Waals surface area contributed by atoms with Crippen molar-refractivity contribution < 1.29 is 19.7 Å². The zero-order chi connectivity index (χ0) is 12.3. The van der Waals surface area contributed by atoms with E-state index in [0.717, 1.165) is 0 Å². The largest absolute Gasteiger partial charge is 0.504 e. The second kappa shape index (κ2) is 4.85. The van der Waals surface area contributed by atoms with E-state index in [1.54, 1.807) is 13.0 Å². The fourth-order valence-electron chi connectivity index (χ4n) is 1.63. The van der Waals surface area contributed by atoms with Gasteiger partial charge < -0.3 is 20.7 Å². The number of aryl methyl sites for hydroxylation is 1. The molecule has 0 spiro atoms. The molecule has 1 aromatic carbocycles. The minimum absolute atomic E-state index is 0.0134. The van der Waals surface area contributed by atoms with E-state index in [9.17, 15) is 9.90 Å². The van der Waals surface area contributed by atoms with E-state index < -0.39 is 11.9 Å². The molecule has 0 radical (unpaired) electrons. The number of hydrogen-bond donors (Lipinski definition) is 3. The van der Waals surface area contributed by atoms with Gasteiger partial charge in [-0.3, -0.25) is 4.79 Å². The summed E-state index contributed by atoms with van der Waals surface area (Å²) in [7, 11) is 1.44. The first-order chi connectivity index (χ1) is 7.51. The summed E-state index contributed by atoms with van der Waals surface area (Å²) >= 11 is 0. The predicted molar refractivity (Wildman–Crippen MR) is 58.8 cm³/mol. The molecule has 16 heavy (non-hydrogen) atoms. The molecular weight excluding hydrogens is 210 g/mol. The number of hydrogen-bond acceptors (Lipinski definition) is 4. The molecule has 0 aliphatic heterocycles. The molecule has 5 nitrogen and oxygen atoms in total. The fraction of sp³-hybridized carbons (Fsp3) is 0.364. The lowest BCUT2D eigenvalue weighted by molar-refractivity contribution is -0.138. The number of aliphatic carboxylic acids is 1. The van der Waals surface area contributed by atoms with Gasteiger partial charge in [-0.25, -0.2) is 0 Å². The Morgan fingerprint density at radius 1 is 1.56 bits per heavy atom. The molecule has 0 saturated heterocycles. The van der Waals surface area contributed by atoms with Gasteiger partial charge in [0, 0.05) is 6.54 Å². The van der Waals surface area contributed by atoms with Crippen LogP contribution < -0.4 is 10.5 Å². The molecule has 0 heterocycles. The number of phenols is 1. The van der Waals surface area contributed by atoms with Crippen molar-refractivity contribution in [3.05, 3.63) is 23.3 Å². The van der Waals surface area contributed by atoms with Gasteiger partial charge in [-0.2, -0.15) is 0 Å². The Labute approximate surface area is 93.5 Å². The van der Waals surface area contributed by atoms with Gasteiger partial charge in [0.05, 0.1) is 13.0 Å². The molecule has 0 saturated carbocycles. The Morgan fingerprint density at radius 3 is 2.56 bits per heavy atom. The standard InChI is InChI=1S/C11H15NO4/c1-6-3-7(8(5-12)11(14)15)4-9(13)10(6)16-2/h3-4,8,13H,5,12H2,1-2H3,(H,14,15). The first kappa shape index (κ1) is 12.3. The van der Waals surface area contributed by atoms with Crippen molar-refractivity contribution in [1.82, 2.24) is 0 Å². The average molecular weight is 225 g/mol. The Kier molecular flexibility index (Phi) is 3.73. The van der Waals surface area contributed by atoms with Gasteiger partial charge in [0.1, 0.15) is 0 Å². The van der Waals surface area contributed by atoms with Gasteiger partial charge in [0.15, 0.2) is 11.5 Å². The van der Waals surface area contributed by atoms with Crippen LogP contribution in [0.15, 0.2) is 12.1 Å². The van der Waals surface area contributed by atoms with Crippen molar-refractivity contribution in [2.24, 2.45) is 5.73 Å². The highest BCUT2D eigenvalue weighted by Crippen LogP contribution is 2.33. The highest BCUT2D eigenvalue weighted by Gasteiger charge is 2.20. The Bertz CT molecular complexity index is 380. The number of aromatic hydroxyl groups is 1. The molecule has 0 fully saturated rings. The van der Waals surface area contributed by atoms with Crippen molar-refractivity contribution in [2.75, 3.05) is 13.7 Å². The lowest BCUT2D eigenvalue weighted by Crippen LogP contribution is -2.21. The van der Waals surface area contributed by atoms with E-state index in [1.807, 2.05) is 0 Å². The summed E-state index contributed by atoms with van der Waals surface area (Å²) < 4.78 is 4.98. The number of rotatable bonds is 4. The maximum Gasteiger partial charge on any atom is 0.312 e. The molecule has 4 N–H and O–H groups in total. The van der Waals surface area contributed by atoms with E-state index in [1.165, 1.54) is 13.2 Å². The van der Waals surface area contributed by atoms with Gasteiger partial charge in [-0.05, 0) is 24.1 Å². The molecule has 0 amide bonds. The van der Waals surface area contributed by atoms with Crippen molar-refractivity contribution in [2.45, 2.75) is 12.8 Å². The van der Waals surface area contributed by atoms with Crippen molar-refractivity contribution in [3.63, 3.8) is 0 Å². The average Bonchev–Trinajstić information content (AvgIpc) is 2.17. The van der Waals surface area contributed by atoms with Crippen LogP contribution in [0.25, 0.3) is 0 Å². The molecule has 5 heteroatoms. The molecule has 1 rings (SSSR count). The number of ether oxygens (including phenoxy) is 1. The van der Waals surface area contributed by atoms with Crippen LogP contribution in [0.5, 0.6) is 11.5 Å². The molecule has 1 atom stereocenters. The first-order valence-electron chi connectivity index (χ1n) is 4.81. The summed E-state index contributed by atoms with van der Waals surface area (Å²) in [5.74, 6) is -1.54. The Hall–Kier alpha value is -1.75. The van der Waals surface area contributed by atoms with Crippen LogP contribution in [-0.4, -0.2) is 29.8 Å².